The fourth-order valence-corrected chi connectivity index (χ4v) is 2.99. The number of halogens is 1. The normalized spacial score (nSPS) is 28.7. The first-order valence-corrected chi connectivity index (χ1v) is 6.83. The lowest BCUT2D eigenvalue weighted by atomic mass is 9.81. The average molecular weight is 272 g/mol. The first kappa shape index (κ1) is 13.4. The summed E-state index contributed by atoms with van der Waals surface area (Å²) < 4.78 is 0. The molecule has 1 fully saturated rings. The number of allylic oxidation sites excluding steroid dienone is 2. The van der Waals surface area contributed by atoms with E-state index in [1.165, 1.54) is 0 Å². The van der Waals surface area contributed by atoms with Crippen molar-refractivity contribution in [1.29, 1.82) is 0 Å². The standard InChI is InChI=1S/C13H18ClNO3/c14-9-4-5-10(13(17)18)11(8-9)12(16)15-6-2-1-3-7-15/h4,10-11H,1-3,5-8H2,(H,17,18). The number of carboxylic acid groups (broad SMARTS) is 1. The van der Waals surface area contributed by atoms with Gasteiger partial charge in [-0.1, -0.05) is 17.7 Å². The highest BCUT2D eigenvalue weighted by Crippen LogP contribution is 2.33. The monoisotopic (exact) mass is 271 g/mol. The maximum atomic E-state index is 12.4. The lowest BCUT2D eigenvalue weighted by Crippen LogP contribution is -2.44. The third kappa shape index (κ3) is 2.86. The summed E-state index contributed by atoms with van der Waals surface area (Å²) in [7, 11) is 0. The number of piperidine rings is 1. The van der Waals surface area contributed by atoms with Crippen LogP contribution in [0.4, 0.5) is 0 Å². The molecule has 1 heterocycles. The summed E-state index contributed by atoms with van der Waals surface area (Å²) in [6.45, 7) is 1.51. The summed E-state index contributed by atoms with van der Waals surface area (Å²) in [5.41, 5.74) is 0. The van der Waals surface area contributed by atoms with Gasteiger partial charge in [0.15, 0.2) is 0 Å². The number of carboxylic acids is 1. The highest BCUT2D eigenvalue weighted by atomic mass is 35.5. The summed E-state index contributed by atoms with van der Waals surface area (Å²) >= 11 is 5.96. The Hall–Kier alpha value is -1.03. The van der Waals surface area contributed by atoms with E-state index in [9.17, 15) is 14.7 Å². The van der Waals surface area contributed by atoms with Gasteiger partial charge in [0.2, 0.25) is 5.91 Å². The molecule has 1 saturated heterocycles. The van der Waals surface area contributed by atoms with E-state index in [2.05, 4.69) is 0 Å². The summed E-state index contributed by atoms with van der Waals surface area (Å²) in [4.78, 5) is 25.4. The fourth-order valence-electron chi connectivity index (χ4n) is 2.74. The Kier molecular flexibility index (Phi) is 4.27. The summed E-state index contributed by atoms with van der Waals surface area (Å²) in [5.74, 6) is -2.04. The van der Waals surface area contributed by atoms with Crippen molar-refractivity contribution < 1.29 is 14.7 Å². The Morgan fingerprint density at radius 2 is 1.89 bits per heavy atom. The van der Waals surface area contributed by atoms with Crippen molar-refractivity contribution in [3.05, 3.63) is 11.1 Å². The van der Waals surface area contributed by atoms with Gasteiger partial charge < -0.3 is 10.0 Å². The number of nitrogens with zero attached hydrogens (tertiary/aromatic N) is 1. The second kappa shape index (κ2) is 5.74. The molecular formula is C13H18ClNO3. The van der Waals surface area contributed by atoms with Crippen LogP contribution in [0.25, 0.3) is 0 Å². The molecule has 2 aliphatic rings. The number of carbonyl (C=O) groups excluding carboxylic acids is 1. The van der Waals surface area contributed by atoms with Crippen LogP contribution in [0, 0.1) is 11.8 Å². The number of likely N-dealkylation sites (tertiary alicyclic amines) is 1. The van der Waals surface area contributed by atoms with Gasteiger partial charge in [0.05, 0.1) is 11.8 Å². The van der Waals surface area contributed by atoms with Crippen LogP contribution >= 0.6 is 11.6 Å². The van der Waals surface area contributed by atoms with Crippen molar-refractivity contribution in [2.75, 3.05) is 13.1 Å². The summed E-state index contributed by atoms with van der Waals surface area (Å²) in [6, 6.07) is 0. The molecule has 0 aromatic heterocycles. The molecule has 0 aromatic rings. The van der Waals surface area contributed by atoms with E-state index in [0.717, 1.165) is 32.4 Å². The highest BCUT2D eigenvalue weighted by molar-refractivity contribution is 6.29. The summed E-state index contributed by atoms with van der Waals surface area (Å²) in [6.07, 6.45) is 5.63. The minimum atomic E-state index is -0.897. The molecule has 1 aliphatic heterocycles. The molecular weight excluding hydrogens is 254 g/mol. The van der Waals surface area contributed by atoms with Gasteiger partial charge in [-0.05, 0) is 32.1 Å². The Balaban J connectivity index is 2.10. The van der Waals surface area contributed by atoms with Crippen LogP contribution in [0.1, 0.15) is 32.1 Å². The van der Waals surface area contributed by atoms with Crippen LogP contribution in [0.2, 0.25) is 0 Å². The Morgan fingerprint density at radius 3 is 2.50 bits per heavy atom. The molecule has 2 atom stereocenters. The van der Waals surface area contributed by atoms with Crippen molar-refractivity contribution in [2.45, 2.75) is 32.1 Å². The Labute approximate surface area is 112 Å². The van der Waals surface area contributed by atoms with Crippen molar-refractivity contribution in [3.8, 4) is 0 Å². The van der Waals surface area contributed by atoms with Crippen LogP contribution in [0.15, 0.2) is 11.1 Å². The van der Waals surface area contributed by atoms with Gasteiger partial charge in [-0.2, -0.15) is 0 Å². The highest BCUT2D eigenvalue weighted by Gasteiger charge is 2.38. The second-order valence-corrected chi connectivity index (χ2v) is 5.51. The van der Waals surface area contributed by atoms with Gasteiger partial charge >= 0.3 is 5.97 Å². The zero-order valence-corrected chi connectivity index (χ0v) is 11.0. The smallest absolute Gasteiger partial charge is 0.307 e. The van der Waals surface area contributed by atoms with Gasteiger partial charge in [-0.25, -0.2) is 0 Å². The molecule has 2 unspecified atom stereocenters. The molecule has 0 spiro atoms. The molecule has 18 heavy (non-hydrogen) atoms. The number of aliphatic carboxylic acids is 1. The third-order valence-corrected chi connectivity index (χ3v) is 4.10. The molecule has 0 saturated carbocycles. The average Bonchev–Trinajstić information content (AvgIpc) is 2.38. The quantitative estimate of drug-likeness (QED) is 0.838. The molecule has 4 nitrogen and oxygen atoms in total. The zero-order chi connectivity index (χ0) is 13.1. The van der Waals surface area contributed by atoms with Crippen molar-refractivity contribution >= 4 is 23.5 Å². The predicted molar refractivity (Wildman–Crippen MR) is 68.2 cm³/mol. The number of rotatable bonds is 2. The van der Waals surface area contributed by atoms with E-state index >= 15 is 0 Å². The van der Waals surface area contributed by atoms with Gasteiger partial charge in [-0.15, -0.1) is 0 Å². The Bertz CT molecular complexity index is 374. The number of hydrogen-bond acceptors (Lipinski definition) is 2. The Morgan fingerprint density at radius 1 is 1.22 bits per heavy atom. The fraction of sp³-hybridized carbons (Fsp3) is 0.692. The van der Waals surface area contributed by atoms with Crippen molar-refractivity contribution in [1.82, 2.24) is 4.90 Å². The zero-order valence-electron chi connectivity index (χ0n) is 10.3. The first-order chi connectivity index (χ1) is 8.59. The minimum absolute atomic E-state index is 0.0339. The number of hydrogen-bond donors (Lipinski definition) is 1. The van der Waals surface area contributed by atoms with Crippen molar-refractivity contribution in [2.24, 2.45) is 11.8 Å². The van der Waals surface area contributed by atoms with Crippen molar-refractivity contribution in [3.63, 3.8) is 0 Å². The maximum absolute atomic E-state index is 12.4. The SMILES string of the molecule is O=C(O)C1CC=C(Cl)CC1C(=O)N1CCCCC1. The van der Waals surface area contributed by atoms with E-state index in [-0.39, 0.29) is 5.91 Å². The number of carbonyl (C=O) groups is 2. The molecule has 1 N–H and O–H groups in total. The topological polar surface area (TPSA) is 57.6 Å². The van der Waals surface area contributed by atoms with Crippen LogP contribution < -0.4 is 0 Å². The summed E-state index contributed by atoms with van der Waals surface area (Å²) in [5, 5.41) is 9.81. The van der Waals surface area contributed by atoms with E-state index < -0.39 is 17.8 Å². The predicted octanol–water partition coefficient (Wildman–Crippen LogP) is 2.23. The molecule has 1 amide bonds. The molecule has 2 rings (SSSR count). The third-order valence-electron chi connectivity index (χ3n) is 3.80. The lowest BCUT2D eigenvalue weighted by Gasteiger charge is -2.33. The molecule has 0 radical (unpaired) electrons. The van der Waals surface area contributed by atoms with E-state index in [4.69, 9.17) is 11.6 Å². The van der Waals surface area contributed by atoms with Gasteiger partial charge in [0.1, 0.15) is 0 Å². The van der Waals surface area contributed by atoms with Crippen LogP contribution in [0.3, 0.4) is 0 Å². The van der Waals surface area contributed by atoms with Gasteiger partial charge in [-0.3, -0.25) is 9.59 Å². The lowest BCUT2D eigenvalue weighted by molar-refractivity contribution is -0.151. The molecule has 0 bridgehead atoms. The molecule has 100 valence electrons. The van der Waals surface area contributed by atoms with Crippen LogP contribution in [0.5, 0.6) is 0 Å². The first-order valence-electron chi connectivity index (χ1n) is 6.45. The van der Waals surface area contributed by atoms with E-state index in [0.29, 0.717) is 17.9 Å². The second-order valence-electron chi connectivity index (χ2n) is 5.03. The van der Waals surface area contributed by atoms with Crippen LogP contribution in [-0.2, 0) is 9.59 Å². The van der Waals surface area contributed by atoms with Gasteiger partial charge in [0, 0.05) is 18.1 Å². The van der Waals surface area contributed by atoms with Gasteiger partial charge in [0.25, 0.3) is 0 Å². The molecule has 0 aromatic carbocycles. The molecule has 1 aliphatic carbocycles. The minimum Gasteiger partial charge on any atom is -0.481 e. The molecule has 5 heteroatoms. The number of amides is 1. The van der Waals surface area contributed by atoms with Crippen LogP contribution in [-0.4, -0.2) is 35.0 Å². The van der Waals surface area contributed by atoms with E-state index in [1.807, 2.05) is 0 Å². The maximum Gasteiger partial charge on any atom is 0.307 e. The van der Waals surface area contributed by atoms with E-state index in [1.54, 1.807) is 11.0 Å². The largest absolute Gasteiger partial charge is 0.481 e.